The van der Waals surface area contributed by atoms with Crippen LogP contribution in [-0.4, -0.2) is 35.5 Å². The molecule has 0 radical (unpaired) electrons. The molecule has 0 aliphatic carbocycles. The first kappa shape index (κ1) is 16.5. The van der Waals surface area contributed by atoms with E-state index in [1.807, 2.05) is 18.8 Å². The van der Waals surface area contributed by atoms with Crippen LogP contribution in [0.1, 0.15) is 26.5 Å². The van der Waals surface area contributed by atoms with Crippen molar-refractivity contribution < 1.29 is 18.9 Å². The minimum Gasteiger partial charge on any atom is -0.349 e. The fourth-order valence-electron chi connectivity index (χ4n) is 1.82. The highest BCUT2D eigenvalue weighted by Gasteiger charge is 2.37. The van der Waals surface area contributed by atoms with Gasteiger partial charge >= 0.3 is 5.69 Å². The molecule has 3 unspecified atom stereocenters. The van der Waals surface area contributed by atoms with Crippen molar-refractivity contribution in [3.05, 3.63) is 33.1 Å². The number of H-pyrrole nitrogens is 1. The molecule has 1 aromatic heterocycles. The number of nitrogens with one attached hydrogen (secondary N) is 1. The van der Waals surface area contributed by atoms with Gasteiger partial charge in [-0.05, 0) is 0 Å². The Bertz CT molecular complexity index is 515. The van der Waals surface area contributed by atoms with Crippen LogP contribution in [0.25, 0.3) is 0 Å². The average Bonchev–Trinajstić information content (AvgIpc) is 2.80. The van der Waals surface area contributed by atoms with Gasteiger partial charge in [0.25, 0.3) is 5.56 Å². The molecule has 0 saturated carbocycles. The van der Waals surface area contributed by atoms with E-state index in [9.17, 15) is 14.0 Å². The second-order valence-corrected chi connectivity index (χ2v) is 3.87. The Kier molecular flexibility index (Phi) is 6.56. The van der Waals surface area contributed by atoms with E-state index >= 15 is 0 Å². The van der Waals surface area contributed by atoms with Crippen molar-refractivity contribution in [2.24, 2.45) is 0 Å². The Hall–Kier alpha value is -1.51. The highest BCUT2D eigenvalue weighted by molar-refractivity contribution is 4.88. The lowest BCUT2D eigenvalue weighted by Gasteiger charge is -2.15. The molecule has 1 aliphatic rings. The van der Waals surface area contributed by atoms with Gasteiger partial charge < -0.3 is 4.74 Å². The van der Waals surface area contributed by atoms with E-state index in [-0.39, 0.29) is 13.0 Å². The fraction of sp³-hybridized carbons (Fsp3) is 0.667. The van der Waals surface area contributed by atoms with Gasteiger partial charge in [-0.3, -0.25) is 14.3 Å². The third-order valence-corrected chi connectivity index (χ3v) is 2.63. The molecule has 1 N–H and O–H groups in total. The van der Waals surface area contributed by atoms with E-state index in [1.54, 1.807) is 0 Å². The molecule has 1 fully saturated rings. The van der Waals surface area contributed by atoms with E-state index < -0.39 is 29.8 Å². The molecule has 3 atom stereocenters. The number of hydrogen-bond acceptors (Lipinski definition) is 5. The number of aromatic nitrogens is 2. The van der Waals surface area contributed by atoms with Gasteiger partial charge in [-0.2, -0.15) is 0 Å². The lowest BCUT2D eigenvalue weighted by atomic mass is 10.2. The topological polar surface area (TPSA) is 82.5 Å². The molecule has 7 nitrogen and oxygen atoms in total. The molecular weight excluding hydrogens is 271 g/mol. The molecule has 20 heavy (non-hydrogen) atoms. The van der Waals surface area contributed by atoms with Gasteiger partial charge in [0.05, 0.1) is 13.2 Å². The summed E-state index contributed by atoms with van der Waals surface area (Å²) in [5.74, 6) is 0. The predicted molar refractivity (Wildman–Crippen MR) is 69.1 cm³/mol. The van der Waals surface area contributed by atoms with Crippen LogP contribution < -0.4 is 11.2 Å². The highest BCUT2D eigenvalue weighted by Crippen LogP contribution is 2.30. The first-order chi connectivity index (χ1) is 9.61. The van der Waals surface area contributed by atoms with Crippen molar-refractivity contribution in [1.29, 1.82) is 0 Å². The monoisotopic (exact) mass is 290 g/mol. The molecule has 114 valence electrons. The minimum absolute atomic E-state index is 0.0749. The smallest absolute Gasteiger partial charge is 0.330 e. The normalized spacial score (nSPS) is 25.1. The van der Waals surface area contributed by atoms with Crippen molar-refractivity contribution in [3.8, 4) is 0 Å². The van der Waals surface area contributed by atoms with Gasteiger partial charge in [0.15, 0.2) is 6.23 Å². The zero-order valence-electron chi connectivity index (χ0n) is 11.7. The summed E-state index contributed by atoms with van der Waals surface area (Å²) < 4.78 is 20.1. The maximum absolute atomic E-state index is 13.8. The van der Waals surface area contributed by atoms with Crippen LogP contribution >= 0.6 is 0 Å². The largest absolute Gasteiger partial charge is 0.349 e. The third kappa shape index (κ3) is 3.99. The van der Waals surface area contributed by atoms with Gasteiger partial charge in [-0.25, -0.2) is 19.0 Å². The number of alkyl halides is 1. The quantitative estimate of drug-likeness (QED) is 0.654. The molecule has 0 bridgehead atoms. The zero-order valence-corrected chi connectivity index (χ0v) is 11.7. The van der Waals surface area contributed by atoms with Gasteiger partial charge in [-0.1, -0.05) is 13.8 Å². The summed E-state index contributed by atoms with van der Waals surface area (Å²) in [5.41, 5.74) is -1.24. The highest BCUT2D eigenvalue weighted by atomic mass is 19.1. The summed E-state index contributed by atoms with van der Waals surface area (Å²) in [7, 11) is 1.34. The molecule has 0 amide bonds. The zero-order chi connectivity index (χ0) is 15.1. The fourth-order valence-corrected chi connectivity index (χ4v) is 1.82. The number of aromatic amines is 1. The van der Waals surface area contributed by atoms with Crippen LogP contribution in [-0.2, 0) is 14.5 Å². The van der Waals surface area contributed by atoms with Crippen LogP contribution in [0.5, 0.6) is 0 Å². The maximum atomic E-state index is 13.8. The van der Waals surface area contributed by atoms with Gasteiger partial charge in [0.2, 0.25) is 0 Å². The molecule has 0 aromatic carbocycles. The molecule has 1 aromatic rings. The van der Waals surface area contributed by atoms with Crippen molar-refractivity contribution in [1.82, 2.24) is 9.55 Å². The third-order valence-electron chi connectivity index (χ3n) is 2.63. The Morgan fingerprint density at radius 3 is 2.80 bits per heavy atom. The summed E-state index contributed by atoms with van der Waals surface area (Å²) in [4.78, 5) is 33.5. The van der Waals surface area contributed by atoms with E-state index in [4.69, 9.17) is 4.74 Å². The number of nitrogens with zero attached hydrogens (tertiary/aromatic N) is 1. The molecule has 1 aliphatic heterocycles. The molecule has 1 saturated heterocycles. The van der Waals surface area contributed by atoms with Gasteiger partial charge in [0.1, 0.15) is 12.8 Å². The van der Waals surface area contributed by atoms with Crippen LogP contribution in [0.3, 0.4) is 0 Å². The maximum Gasteiger partial charge on any atom is 0.330 e. The Morgan fingerprint density at radius 2 is 2.20 bits per heavy atom. The Balaban J connectivity index is 0.000000956. The lowest BCUT2D eigenvalue weighted by molar-refractivity contribution is -0.287. The molecule has 8 heteroatoms. The molecule has 0 spiro atoms. The molecule has 2 heterocycles. The minimum atomic E-state index is -1.35. The second kappa shape index (κ2) is 7.93. The van der Waals surface area contributed by atoms with Crippen molar-refractivity contribution in [2.45, 2.75) is 38.8 Å². The average molecular weight is 290 g/mol. The van der Waals surface area contributed by atoms with Gasteiger partial charge in [0, 0.05) is 18.7 Å². The van der Waals surface area contributed by atoms with Crippen molar-refractivity contribution in [3.63, 3.8) is 0 Å². The summed E-state index contributed by atoms with van der Waals surface area (Å²) in [5, 5.41) is 0. The van der Waals surface area contributed by atoms with Crippen LogP contribution in [0, 0.1) is 0 Å². The summed E-state index contributed by atoms with van der Waals surface area (Å²) >= 11 is 0. The van der Waals surface area contributed by atoms with Crippen LogP contribution in [0.4, 0.5) is 4.39 Å². The SMILES string of the molecule is CC.COOCC1CC(F)C(n2ccc(=O)[nH]c2=O)O1. The summed E-state index contributed by atoms with van der Waals surface area (Å²) in [6.07, 6.45) is -1.60. The van der Waals surface area contributed by atoms with E-state index in [0.717, 1.165) is 10.6 Å². The van der Waals surface area contributed by atoms with Crippen molar-refractivity contribution >= 4 is 0 Å². The number of halogens is 1. The Labute approximate surface area is 115 Å². The van der Waals surface area contributed by atoms with E-state index in [1.165, 1.54) is 13.3 Å². The van der Waals surface area contributed by atoms with Crippen LogP contribution in [0.2, 0.25) is 0 Å². The lowest BCUT2D eigenvalue weighted by Crippen LogP contribution is -2.34. The van der Waals surface area contributed by atoms with Gasteiger partial charge in [-0.15, -0.1) is 0 Å². The predicted octanol–water partition coefficient (Wildman–Crippen LogP) is 0.766. The molecular formula is C12H19FN2O5. The van der Waals surface area contributed by atoms with E-state index in [0.29, 0.717) is 0 Å². The first-order valence-electron chi connectivity index (χ1n) is 6.38. The summed E-state index contributed by atoms with van der Waals surface area (Å²) in [6.45, 7) is 4.07. The number of rotatable bonds is 4. The summed E-state index contributed by atoms with van der Waals surface area (Å²) in [6, 6.07) is 1.14. The molecule has 2 rings (SSSR count). The number of hydrogen-bond donors (Lipinski definition) is 1. The first-order valence-corrected chi connectivity index (χ1v) is 6.38. The van der Waals surface area contributed by atoms with Crippen molar-refractivity contribution in [2.75, 3.05) is 13.7 Å². The number of ether oxygens (including phenoxy) is 1. The Morgan fingerprint density at radius 1 is 1.50 bits per heavy atom. The second-order valence-electron chi connectivity index (χ2n) is 3.87. The standard InChI is InChI=1S/C10H13FN2O5.C2H6/c1-16-17-5-6-4-7(11)9(18-6)13-3-2-8(14)12-10(13)15;1-2/h2-3,6-7,9H,4-5H2,1H3,(H,12,14,15);1-2H3. The van der Waals surface area contributed by atoms with E-state index in [2.05, 4.69) is 9.78 Å². The van der Waals surface area contributed by atoms with Crippen LogP contribution in [0.15, 0.2) is 21.9 Å².